The summed E-state index contributed by atoms with van der Waals surface area (Å²) in [5, 5.41) is 0.817. The zero-order valence-corrected chi connectivity index (χ0v) is 20.5. The van der Waals surface area contributed by atoms with E-state index < -0.39 is 6.09 Å². The maximum atomic E-state index is 12.6. The van der Waals surface area contributed by atoms with Gasteiger partial charge in [0.05, 0.1) is 24.6 Å². The number of ether oxygens (including phenoxy) is 5. The number of cyclic esters (lactones) is 1. The number of likely N-dealkylation sites (tertiary alicyclic amines) is 1. The molecule has 3 aliphatic heterocycles. The first-order valence-corrected chi connectivity index (χ1v) is 12.4. The molecule has 1 aliphatic carbocycles. The van der Waals surface area contributed by atoms with Gasteiger partial charge in [0.1, 0.15) is 30.5 Å². The lowest BCUT2D eigenvalue weighted by Gasteiger charge is -2.23. The van der Waals surface area contributed by atoms with Crippen LogP contribution in [-0.4, -0.2) is 71.4 Å². The molecule has 10 nitrogen and oxygen atoms in total. The molecule has 2 saturated heterocycles. The topological polar surface area (TPSA) is 95.5 Å². The van der Waals surface area contributed by atoms with Crippen molar-refractivity contribution >= 4 is 17.0 Å². The number of nitrogens with zero attached hydrogens (tertiary/aromatic N) is 4. The first kappa shape index (κ1) is 23.4. The molecule has 10 heteroatoms. The van der Waals surface area contributed by atoms with Crippen LogP contribution in [0.4, 0.5) is 4.79 Å². The van der Waals surface area contributed by atoms with E-state index in [0.717, 1.165) is 48.0 Å². The van der Waals surface area contributed by atoms with E-state index >= 15 is 0 Å². The van der Waals surface area contributed by atoms with E-state index in [1.165, 1.54) is 17.5 Å². The van der Waals surface area contributed by atoms with Gasteiger partial charge in [0.15, 0.2) is 12.0 Å². The Morgan fingerprint density at radius 1 is 1.19 bits per heavy atom. The molecule has 1 aromatic carbocycles. The van der Waals surface area contributed by atoms with Gasteiger partial charge >= 0.3 is 6.09 Å². The van der Waals surface area contributed by atoms with E-state index in [-0.39, 0.29) is 12.2 Å². The monoisotopic (exact) mass is 504 g/mol. The maximum Gasteiger partial charge on any atom is 0.417 e. The average molecular weight is 505 g/mol. The van der Waals surface area contributed by atoms with E-state index in [9.17, 15) is 4.79 Å². The molecule has 2 aromatic rings. The third-order valence-electron chi connectivity index (χ3n) is 6.80. The lowest BCUT2D eigenvalue weighted by molar-refractivity contribution is 0.105. The molecule has 0 saturated carbocycles. The zero-order valence-electron chi connectivity index (χ0n) is 20.5. The van der Waals surface area contributed by atoms with Crippen molar-refractivity contribution in [2.45, 2.75) is 31.5 Å². The van der Waals surface area contributed by atoms with Gasteiger partial charge in [-0.15, -0.1) is 0 Å². The number of carbonyl (C=O) groups is 1. The quantitative estimate of drug-likeness (QED) is 0.557. The Kier molecular flexibility index (Phi) is 6.40. The lowest BCUT2D eigenvalue weighted by atomic mass is 10.0. The first-order valence-electron chi connectivity index (χ1n) is 12.4. The van der Waals surface area contributed by atoms with E-state index in [1.54, 1.807) is 13.4 Å². The fourth-order valence-corrected chi connectivity index (χ4v) is 4.92. The van der Waals surface area contributed by atoms with Crippen LogP contribution in [0.3, 0.4) is 0 Å². The fourth-order valence-electron chi connectivity index (χ4n) is 4.92. The van der Waals surface area contributed by atoms with Gasteiger partial charge in [0.25, 0.3) is 0 Å². The Hall–Kier alpha value is -4.05. The van der Waals surface area contributed by atoms with Gasteiger partial charge in [-0.3, -0.25) is 4.90 Å². The number of allylic oxidation sites excluding steroid dienone is 4. The molecule has 2 atom stereocenters. The molecule has 1 amide bonds. The van der Waals surface area contributed by atoms with E-state index in [2.05, 4.69) is 20.9 Å². The Bertz CT molecular complexity index is 1320. The highest BCUT2D eigenvalue weighted by molar-refractivity contribution is 5.84. The Labute approximate surface area is 214 Å². The van der Waals surface area contributed by atoms with Crippen molar-refractivity contribution in [2.75, 3.05) is 33.3 Å². The van der Waals surface area contributed by atoms with Crippen LogP contribution in [0.5, 0.6) is 11.6 Å². The summed E-state index contributed by atoms with van der Waals surface area (Å²) in [6.07, 6.45) is 12.5. The first-order chi connectivity index (χ1) is 18.2. The minimum Gasteiger partial charge on any atom is -0.497 e. The highest BCUT2D eigenvalue weighted by Crippen LogP contribution is 2.31. The molecule has 37 heavy (non-hydrogen) atoms. The van der Waals surface area contributed by atoms with Crippen LogP contribution < -0.4 is 9.47 Å². The highest BCUT2D eigenvalue weighted by Gasteiger charge is 2.38. The number of rotatable bonds is 7. The minimum absolute atomic E-state index is 0.0270. The van der Waals surface area contributed by atoms with Crippen molar-refractivity contribution in [3.8, 4) is 11.6 Å². The van der Waals surface area contributed by atoms with Crippen molar-refractivity contribution in [2.24, 2.45) is 0 Å². The summed E-state index contributed by atoms with van der Waals surface area (Å²) in [4.78, 5) is 25.0. The van der Waals surface area contributed by atoms with E-state index in [0.29, 0.717) is 37.2 Å². The smallest absolute Gasteiger partial charge is 0.417 e. The standard InChI is InChI=1S/C27H28N4O6/c1-33-19-7-8-23-22(11-19)26(29-17-28-23)35-20-9-10-30(12-20)13-21-14-31(27(32)36-21)25-16-34-15-24(37-25)18-5-3-2-4-6-18/h2-3,5,7-8,11,15-17,20-21H,4,6,9-10,12-14H2,1H3/t20-,21+/m0/s1. The summed E-state index contributed by atoms with van der Waals surface area (Å²) in [6, 6.07) is 5.64. The van der Waals surface area contributed by atoms with Gasteiger partial charge in [0, 0.05) is 19.6 Å². The van der Waals surface area contributed by atoms with Crippen molar-refractivity contribution in [1.82, 2.24) is 19.8 Å². The van der Waals surface area contributed by atoms with Gasteiger partial charge in [-0.1, -0.05) is 18.2 Å². The van der Waals surface area contributed by atoms with Crippen molar-refractivity contribution in [3.63, 3.8) is 0 Å². The van der Waals surface area contributed by atoms with Gasteiger partial charge in [-0.25, -0.2) is 19.7 Å². The number of benzene rings is 1. The van der Waals surface area contributed by atoms with Gasteiger partial charge in [-0.2, -0.15) is 0 Å². The molecule has 0 N–H and O–H groups in total. The molecule has 0 unspecified atom stereocenters. The number of hydrogen-bond donors (Lipinski definition) is 0. The molecule has 0 bridgehead atoms. The highest BCUT2D eigenvalue weighted by atomic mass is 16.6. The minimum atomic E-state index is -0.438. The van der Waals surface area contributed by atoms with E-state index in [1.807, 2.05) is 30.4 Å². The largest absolute Gasteiger partial charge is 0.497 e. The van der Waals surface area contributed by atoms with E-state index in [4.69, 9.17) is 23.7 Å². The Morgan fingerprint density at radius 3 is 3.00 bits per heavy atom. The second-order valence-electron chi connectivity index (χ2n) is 9.30. The summed E-state index contributed by atoms with van der Waals surface area (Å²) in [5.41, 5.74) is 1.84. The van der Waals surface area contributed by atoms with Crippen molar-refractivity contribution in [3.05, 3.63) is 72.5 Å². The molecule has 4 heterocycles. The maximum absolute atomic E-state index is 12.6. The third-order valence-corrected chi connectivity index (χ3v) is 6.80. The van der Waals surface area contributed by atoms with Crippen LogP contribution in [0.25, 0.3) is 10.9 Å². The summed E-state index contributed by atoms with van der Waals surface area (Å²) in [6.45, 7) is 2.54. The number of aromatic nitrogens is 2. The zero-order chi connectivity index (χ0) is 25.2. The van der Waals surface area contributed by atoms with Crippen LogP contribution in [-0.2, 0) is 14.2 Å². The predicted molar refractivity (Wildman–Crippen MR) is 133 cm³/mol. The molecule has 0 spiro atoms. The van der Waals surface area contributed by atoms with Crippen LogP contribution in [0.15, 0.2) is 72.5 Å². The number of methoxy groups -OCH3 is 1. The van der Waals surface area contributed by atoms with Crippen LogP contribution in [0.1, 0.15) is 19.3 Å². The van der Waals surface area contributed by atoms with Crippen LogP contribution >= 0.6 is 0 Å². The lowest BCUT2D eigenvalue weighted by Crippen LogP contribution is -2.35. The SMILES string of the molecule is COc1ccc2ncnc(O[C@H]3CCN(C[C@@H]4CN(C5=COC=C(C6=CC=CCC6)O5)C(=O)O4)C3)c2c1. The Morgan fingerprint density at radius 2 is 2.14 bits per heavy atom. The Balaban J connectivity index is 1.04. The summed E-state index contributed by atoms with van der Waals surface area (Å²) in [7, 11) is 1.63. The fraction of sp³-hybridized carbons (Fsp3) is 0.370. The molecule has 4 aliphatic rings. The number of hydrogen-bond acceptors (Lipinski definition) is 9. The second kappa shape index (κ2) is 10.1. The molecule has 2 fully saturated rings. The van der Waals surface area contributed by atoms with Crippen molar-refractivity contribution < 1.29 is 28.5 Å². The molecule has 1 aromatic heterocycles. The third kappa shape index (κ3) is 4.97. The molecular weight excluding hydrogens is 476 g/mol. The number of carbonyl (C=O) groups excluding carboxylic acids is 1. The molecule has 0 radical (unpaired) electrons. The molecule has 192 valence electrons. The normalized spacial score (nSPS) is 23.6. The summed E-state index contributed by atoms with van der Waals surface area (Å²) < 4.78 is 28.7. The second-order valence-corrected chi connectivity index (χ2v) is 9.30. The van der Waals surface area contributed by atoms with Gasteiger partial charge in [0.2, 0.25) is 11.8 Å². The summed E-state index contributed by atoms with van der Waals surface area (Å²) in [5.74, 6) is 2.23. The van der Waals surface area contributed by atoms with Crippen molar-refractivity contribution in [1.29, 1.82) is 0 Å². The number of amides is 1. The molecular formula is C27H28N4O6. The van der Waals surface area contributed by atoms with Gasteiger partial charge < -0.3 is 23.7 Å². The molecule has 6 rings (SSSR count). The van der Waals surface area contributed by atoms with Crippen LogP contribution in [0, 0.1) is 0 Å². The van der Waals surface area contributed by atoms with Gasteiger partial charge in [-0.05, 0) is 43.0 Å². The predicted octanol–water partition coefficient (Wildman–Crippen LogP) is 3.88. The summed E-state index contributed by atoms with van der Waals surface area (Å²) >= 11 is 0. The number of fused-ring (bicyclic) bond motifs is 1. The van der Waals surface area contributed by atoms with Crippen LogP contribution in [0.2, 0.25) is 0 Å². The average Bonchev–Trinajstić information content (AvgIpc) is 3.54.